The number of amides is 4. The Morgan fingerprint density at radius 2 is 1.61 bits per heavy atom. The molecule has 3 aromatic carbocycles. The van der Waals surface area contributed by atoms with Crippen LogP contribution in [0.15, 0.2) is 72.8 Å². The van der Waals surface area contributed by atoms with Crippen LogP contribution in [-0.2, 0) is 14.3 Å². The number of fused-ring (bicyclic) bond motifs is 1. The number of ether oxygens (including phenoxy) is 1. The lowest BCUT2D eigenvalue weighted by atomic mass is 9.99. The summed E-state index contributed by atoms with van der Waals surface area (Å²) >= 11 is 0. The second-order valence-electron chi connectivity index (χ2n) is 10.6. The quantitative estimate of drug-likeness (QED) is 0.123. The number of benzene rings is 3. The van der Waals surface area contributed by atoms with Crippen molar-refractivity contribution in [3.63, 3.8) is 0 Å². The first-order valence-electron chi connectivity index (χ1n) is 14.1. The maximum atomic E-state index is 13.9. The second-order valence-corrected chi connectivity index (χ2v) is 10.6. The van der Waals surface area contributed by atoms with E-state index in [-0.39, 0.29) is 22.7 Å². The molecule has 4 amide bonds. The number of hydrogen-bond acceptors (Lipinski definition) is 9. The standard InChI is InChI=1S/C32H35N7O5/c1-36-15-17-38(18-16-36)20-27(40)37(2)24-12-10-23(11-13-24)34-29(21-7-5-4-6-8-21)28-25-14-9-22(31(42)44-3)19-26(25)39(30(28)41)32(43)35-33/h4-14,19,34H,15-18,20,33H2,1-3H3,(H,35,43)/b29-28-. The Balaban J connectivity index is 1.48. The molecule has 3 aromatic rings. The van der Waals surface area contributed by atoms with E-state index < -0.39 is 17.9 Å². The van der Waals surface area contributed by atoms with Gasteiger partial charge in [-0.2, -0.15) is 0 Å². The third-order valence-electron chi connectivity index (χ3n) is 7.84. The van der Waals surface area contributed by atoms with Gasteiger partial charge in [0, 0.05) is 50.2 Å². The number of imide groups is 1. The van der Waals surface area contributed by atoms with Gasteiger partial charge in [-0.3, -0.25) is 19.9 Å². The number of rotatable bonds is 7. The average Bonchev–Trinajstić information content (AvgIpc) is 3.34. The number of carbonyl (C=O) groups excluding carboxylic acids is 4. The number of nitrogens with two attached hydrogens (primary N) is 1. The molecule has 1 fully saturated rings. The van der Waals surface area contributed by atoms with Crippen LogP contribution < -0.4 is 26.4 Å². The summed E-state index contributed by atoms with van der Waals surface area (Å²) in [5.41, 5.74) is 5.55. The highest BCUT2D eigenvalue weighted by Crippen LogP contribution is 2.42. The molecule has 0 aliphatic carbocycles. The number of carbonyl (C=O) groups is 4. The van der Waals surface area contributed by atoms with E-state index in [2.05, 4.69) is 22.2 Å². The molecule has 4 N–H and O–H groups in total. The summed E-state index contributed by atoms with van der Waals surface area (Å²) in [5, 5.41) is 3.36. The first-order valence-corrected chi connectivity index (χ1v) is 14.1. The fourth-order valence-corrected chi connectivity index (χ4v) is 5.26. The highest BCUT2D eigenvalue weighted by Gasteiger charge is 2.39. The van der Waals surface area contributed by atoms with Gasteiger partial charge in [-0.15, -0.1) is 0 Å². The van der Waals surface area contributed by atoms with Gasteiger partial charge in [0.25, 0.3) is 5.91 Å². The summed E-state index contributed by atoms with van der Waals surface area (Å²) in [5.74, 6) is 4.19. The van der Waals surface area contributed by atoms with E-state index in [4.69, 9.17) is 10.6 Å². The predicted octanol–water partition coefficient (Wildman–Crippen LogP) is 2.59. The van der Waals surface area contributed by atoms with Crippen LogP contribution in [0.2, 0.25) is 0 Å². The van der Waals surface area contributed by atoms with Crippen LogP contribution in [0.5, 0.6) is 0 Å². The molecule has 0 atom stereocenters. The fraction of sp³-hybridized carbons (Fsp3) is 0.250. The molecule has 12 heteroatoms. The van der Waals surface area contributed by atoms with Gasteiger partial charge < -0.3 is 19.9 Å². The minimum Gasteiger partial charge on any atom is -0.465 e. The van der Waals surface area contributed by atoms with Crippen LogP contribution >= 0.6 is 0 Å². The molecular formula is C32H35N7O5. The van der Waals surface area contributed by atoms with E-state index in [1.54, 1.807) is 18.0 Å². The maximum absolute atomic E-state index is 13.9. The van der Waals surface area contributed by atoms with Gasteiger partial charge in [-0.1, -0.05) is 36.4 Å². The van der Waals surface area contributed by atoms with Gasteiger partial charge in [0.2, 0.25) is 5.91 Å². The van der Waals surface area contributed by atoms with Crippen LogP contribution in [-0.4, -0.2) is 87.5 Å². The second kappa shape index (κ2) is 13.1. The van der Waals surface area contributed by atoms with E-state index in [9.17, 15) is 19.2 Å². The van der Waals surface area contributed by atoms with Crippen LogP contribution in [0.1, 0.15) is 21.5 Å². The van der Waals surface area contributed by atoms with Crippen molar-refractivity contribution >= 4 is 52.1 Å². The van der Waals surface area contributed by atoms with Crippen LogP contribution in [0.25, 0.3) is 11.3 Å². The highest BCUT2D eigenvalue weighted by atomic mass is 16.5. The van der Waals surface area contributed by atoms with Crippen molar-refractivity contribution in [3.8, 4) is 0 Å². The summed E-state index contributed by atoms with van der Waals surface area (Å²) < 4.78 is 4.83. The van der Waals surface area contributed by atoms with Gasteiger partial charge in [0.15, 0.2) is 0 Å². The third-order valence-corrected chi connectivity index (χ3v) is 7.84. The number of hydrogen-bond donors (Lipinski definition) is 3. The molecule has 44 heavy (non-hydrogen) atoms. The van der Waals surface area contributed by atoms with Gasteiger partial charge in [-0.25, -0.2) is 20.3 Å². The molecule has 0 unspecified atom stereocenters. The lowest BCUT2D eigenvalue weighted by Gasteiger charge is -2.32. The summed E-state index contributed by atoms with van der Waals surface area (Å²) in [6.45, 7) is 3.92. The molecule has 5 rings (SSSR count). The minimum absolute atomic E-state index is 0.000102. The van der Waals surface area contributed by atoms with E-state index in [0.29, 0.717) is 29.1 Å². The van der Waals surface area contributed by atoms with Gasteiger partial charge in [-0.05, 0) is 49.0 Å². The Labute approximate surface area is 255 Å². The molecule has 2 aliphatic rings. The first-order chi connectivity index (χ1) is 21.2. The van der Waals surface area contributed by atoms with E-state index in [0.717, 1.165) is 36.8 Å². The summed E-state index contributed by atoms with van der Waals surface area (Å²) in [4.78, 5) is 58.8. The van der Waals surface area contributed by atoms with Crippen molar-refractivity contribution in [2.75, 3.05) is 69.0 Å². The zero-order valence-electron chi connectivity index (χ0n) is 24.9. The molecule has 0 aromatic heterocycles. The van der Waals surface area contributed by atoms with Crippen molar-refractivity contribution in [2.24, 2.45) is 5.84 Å². The number of urea groups is 1. The van der Waals surface area contributed by atoms with Crippen LogP contribution in [0.4, 0.5) is 21.9 Å². The summed E-state index contributed by atoms with van der Waals surface area (Å²) in [6, 6.07) is 20.2. The van der Waals surface area contributed by atoms with Gasteiger partial charge in [0.1, 0.15) is 0 Å². The first kappa shape index (κ1) is 30.4. The zero-order chi connectivity index (χ0) is 31.4. The Hall–Kier alpha value is -5.04. The van der Waals surface area contributed by atoms with E-state index in [1.807, 2.05) is 60.0 Å². The molecule has 1 saturated heterocycles. The predicted molar refractivity (Wildman–Crippen MR) is 169 cm³/mol. The molecule has 12 nitrogen and oxygen atoms in total. The normalized spacial score (nSPS) is 16.3. The number of esters is 1. The number of methoxy groups -OCH3 is 1. The molecular weight excluding hydrogens is 562 g/mol. The number of anilines is 3. The number of hydrazine groups is 1. The monoisotopic (exact) mass is 597 g/mol. The van der Waals surface area contributed by atoms with Gasteiger partial charge >= 0.3 is 12.0 Å². The van der Waals surface area contributed by atoms with Crippen molar-refractivity contribution in [1.29, 1.82) is 0 Å². The Morgan fingerprint density at radius 3 is 2.25 bits per heavy atom. The van der Waals surface area contributed by atoms with E-state index in [1.165, 1.54) is 19.2 Å². The van der Waals surface area contributed by atoms with Crippen molar-refractivity contribution in [1.82, 2.24) is 15.2 Å². The molecule has 2 heterocycles. The molecule has 0 radical (unpaired) electrons. The summed E-state index contributed by atoms with van der Waals surface area (Å²) in [7, 11) is 5.08. The van der Waals surface area contributed by atoms with Crippen LogP contribution in [0, 0.1) is 0 Å². The lowest BCUT2D eigenvalue weighted by Crippen LogP contribution is -2.48. The average molecular weight is 598 g/mol. The van der Waals surface area contributed by atoms with Gasteiger partial charge in [0.05, 0.1) is 36.2 Å². The number of likely N-dealkylation sites (N-methyl/N-ethyl adjacent to an activating group) is 2. The molecule has 2 aliphatic heterocycles. The topological polar surface area (TPSA) is 141 Å². The minimum atomic E-state index is -0.852. The third kappa shape index (κ3) is 6.18. The lowest BCUT2D eigenvalue weighted by molar-refractivity contribution is -0.119. The molecule has 0 spiro atoms. The van der Waals surface area contributed by atoms with Crippen LogP contribution in [0.3, 0.4) is 0 Å². The number of piperazine rings is 1. The smallest absolute Gasteiger partial charge is 0.343 e. The largest absolute Gasteiger partial charge is 0.465 e. The van der Waals surface area contributed by atoms with Crippen molar-refractivity contribution < 1.29 is 23.9 Å². The molecule has 0 bridgehead atoms. The maximum Gasteiger partial charge on any atom is 0.343 e. The fourth-order valence-electron chi connectivity index (χ4n) is 5.26. The number of nitrogens with one attached hydrogen (secondary N) is 2. The van der Waals surface area contributed by atoms with Crippen molar-refractivity contribution in [2.45, 2.75) is 0 Å². The van der Waals surface area contributed by atoms with E-state index >= 15 is 0 Å². The zero-order valence-corrected chi connectivity index (χ0v) is 24.9. The summed E-state index contributed by atoms with van der Waals surface area (Å²) in [6.07, 6.45) is 0. The van der Waals surface area contributed by atoms with Crippen molar-refractivity contribution in [3.05, 3.63) is 89.5 Å². The Morgan fingerprint density at radius 1 is 0.932 bits per heavy atom. The molecule has 228 valence electrons. The SMILES string of the molecule is COC(=O)c1ccc2c(c1)N(C(=O)NN)C(=O)/C2=C(\Nc1ccc(N(C)C(=O)CN2CCN(C)CC2)cc1)c1ccccc1. The Kier molecular flexibility index (Phi) is 9.04. The number of nitrogens with zero attached hydrogens (tertiary/aromatic N) is 4. The Bertz CT molecular complexity index is 1600. The molecule has 0 saturated carbocycles. The highest BCUT2D eigenvalue weighted by molar-refractivity contribution is 6.44.